The van der Waals surface area contributed by atoms with Gasteiger partial charge in [-0.1, -0.05) is 42.5 Å². The average molecular weight is 414 g/mol. The molecule has 2 aliphatic heterocycles. The molecule has 0 saturated carbocycles. The minimum absolute atomic E-state index is 0.332. The Morgan fingerprint density at radius 3 is 2.52 bits per heavy atom. The van der Waals surface area contributed by atoms with Crippen LogP contribution in [0.3, 0.4) is 0 Å². The number of benzene rings is 3. The molecule has 3 heterocycles. The van der Waals surface area contributed by atoms with Crippen LogP contribution in [-0.2, 0) is 0 Å². The van der Waals surface area contributed by atoms with E-state index in [-0.39, 0.29) is 11.6 Å². The van der Waals surface area contributed by atoms with Crippen LogP contribution in [0.5, 0.6) is 5.75 Å². The van der Waals surface area contributed by atoms with E-state index in [4.69, 9.17) is 4.74 Å². The van der Waals surface area contributed by atoms with Gasteiger partial charge in [0.2, 0.25) is 5.95 Å². The number of para-hydroxylation sites is 1. The fourth-order valence-electron chi connectivity index (χ4n) is 4.33. The number of hydrogen-bond acceptors (Lipinski definition) is 4. The van der Waals surface area contributed by atoms with Crippen molar-refractivity contribution in [1.29, 1.82) is 0 Å². The van der Waals surface area contributed by atoms with Crippen LogP contribution >= 0.6 is 0 Å². The molecule has 0 radical (unpaired) electrons. The summed E-state index contributed by atoms with van der Waals surface area (Å²) in [5.74, 6) is 0.507. The lowest BCUT2D eigenvalue weighted by atomic mass is 9.84. The third kappa shape index (κ3) is 2.73. The van der Waals surface area contributed by atoms with E-state index in [1.54, 1.807) is 35.0 Å². The highest BCUT2D eigenvalue weighted by Gasteiger charge is 2.41. The van der Waals surface area contributed by atoms with Crippen LogP contribution in [0, 0.1) is 11.6 Å². The molecular weight excluding hydrogens is 398 g/mol. The molecular formula is C24H16F2N4O. The summed E-state index contributed by atoms with van der Waals surface area (Å²) in [7, 11) is 0. The van der Waals surface area contributed by atoms with Crippen molar-refractivity contribution in [2.24, 2.45) is 0 Å². The molecule has 3 aromatic carbocycles. The summed E-state index contributed by atoms with van der Waals surface area (Å²) in [5.41, 5.74) is 3.65. The van der Waals surface area contributed by atoms with Gasteiger partial charge in [0, 0.05) is 16.7 Å². The Hall–Kier alpha value is -4.00. The molecule has 0 saturated heterocycles. The maximum absolute atomic E-state index is 14.9. The Bertz CT molecular complexity index is 1330. The molecule has 0 amide bonds. The monoisotopic (exact) mass is 414 g/mol. The topological polar surface area (TPSA) is 52.0 Å². The Kier molecular flexibility index (Phi) is 3.89. The number of rotatable bonds is 2. The zero-order chi connectivity index (χ0) is 20.9. The first-order chi connectivity index (χ1) is 15.2. The van der Waals surface area contributed by atoms with Gasteiger partial charge in [-0.05, 0) is 35.9 Å². The maximum atomic E-state index is 14.9. The van der Waals surface area contributed by atoms with Crippen LogP contribution < -0.4 is 10.1 Å². The van der Waals surface area contributed by atoms with Gasteiger partial charge >= 0.3 is 0 Å². The van der Waals surface area contributed by atoms with E-state index in [0.717, 1.165) is 22.4 Å². The second-order valence-corrected chi connectivity index (χ2v) is 7.45. The van der Waals surface area contributed by atoms with Gasteiger partial charge < -0.3 is 10.1 Å². The Labute approximate surface area is 176 Å². The van der Waals surface area contributed by atoms with Crippen LogP contribution in [0.2, 0.25) is 0 Å². The number of ether oxygens (including phenoxy) is 1. The summed E-state index contributed by atoms with van der Waals surface area (Å²) in [6, 6.07) is 20.0. The van der Waals surface area contributed by atoms with Gasteiger partial charge in [0.05, 0.1) is 5.70 Å². The van der Waals surface area contributed by atoms with Crippen LogP contribution in [0.25, 0.3) is 5.70 Å². The van der Waals surface area contributed by atoms with Crippen molar-refractivity contribution in [1.82, 2.24) is 14.8 Å². The molecule has 152 valence electrons. The Morgan fingerprint density at radius 1 is 0.903 bits per heavy atom. The van der Waals surface area contributed by atoms with Crippen LogP contribution in [-0.4, -0.2) is 14.8 Å². The van der Waals surface area contributed by atoms with Crippen LogP contribution in [0.4, 0.5) is 14.7 Å². The fourth-order valence-corrected chi connectivity index (χ4v) is 4.33. The average Bonchev–Trinajstić information content (AvgIpc) is 3.27. The summed E-state index contributed by atoms with van der Waals surface area (Å²) in [6.07, 6.45) is 0.758. The molecule has 2 aliphatic rings. The van der Waals surface area contributed by atoms with Gasteiger partial charge in [-0.25, -0.2) is 13.5 Å². The maximum Gasteiger partial charge on any atom is 0.226 e. The van der Waals surface area contributed by atoms with E-state index in [0.29, 0.717) is 17.3 Å². The molecule has 6 rings (SSSR count). The zero-order valence-corrected chi connectivity index (χ0v) is 16.2. The normalized spacial score (nSPS) is 19.0. The number of nitrogens with zero attached hydrogens (tertiary/aromatic N) is 3. The molecule has 2 atom stereocenters. The van der Waals surface area contributed by atoms with E-state index in [1.807, 2.05) is 24.3 Å². The SMILES string of the molecule is Fc1ccc([C@H]2C3=C(Nc4ncnn42)c2ccccc2O[C@H]3c2ccccc2F)cc1. The van der Waals surface area contributed by atoms with Gasteiger partial charge in [-0.2, -0.15) is 10.1 Å². The Balaban J connectivity index is 1.65. The molecule has 5 nitrogen and oxygen atoms in total. The number of hydrogen-bond donors (Lipinski definition) is 1. The minimum Gasteiger partial charge on any atom is -0.480 e. The van der Waals surface area contributed by atoms with Crippen LogP contribution in [0.15, 0.2) is 84.7 Å². The third-order valence-corrected chi connectivity index (χ3v) is 5.69. The number of nitrogens with one attached hydrogen (secondary N) is 1. The second-order valence-electron chi connectivity index (χ2n) is 7.45. The summed E-state index contributed by atoms with van der Waals surface area (Å²) >= 11 is 0. The molecule has 0 bridgehead atoms. The van der Waals surface area contributed by atoms with Gasteiger partial charge in [0.1, 0.15) is 29.8 Å². The highest BCUT2D eigenvalue weighted by atomic mass is 19.1. The van der Waals surface area contributed by atoms with E-state index in [2.05, 4.69) is 15.4 Å². The lowest BCUT2D eigenvalue weighted by molar-refractivity contribution is 0.218. The molecule has 0 fully saturated rings. The van der Waals surface area contributed by atoms with Crippen molar-refractivity contribution in [2.45, 2.75) is 12.1 Å². The molecule has 1 aromatic heterocycles. The minimum atomic E-state index is -0.703. The Morgan fingerprint density at radius 2 is 1.68 bits per heavy atom. The molecule has 0 spiro atoms. The lowest BCUT2D eigenvalue weighted by Gasteiger charge is -2.39. The molecule has 4 aromatic rings. The second kappa shape index (κ2) is 6.77. The predicted octanol–water partition coefficient (Wildman–Crippen LogP) is 5.12. The highest BCUT2D eigenvalue weighted by Crippen LogP contribution is 2.50. The van der Waals surface area contributed by atoms with E-state index in [9.17, 15) is 8.78 Å². The van der Waals surface area contributed by atoms with Crippen molar-refractivity contribution >= 4 is 11.6 Å². The van der Waals surface area contributed by atoms with Crippen molar-refractivity contribution in [3.05, 3.63) is 113 Å². The molecule has 1 N–H and O–H groups in total. The first-order valence-corrected chi connectivity index (χ1v) is 9.87. The van der Waals surface area contributed by atoms with E-state index >= 15 is 0 Å². The largest absolute Gasteiger partial charge is 0.480 e. The first kappa shape index (κ1) is 17.8. The van der Waals surface area contributed by atoms with Crippen molar-refractivity contribution < 1.29 is 13.5 Å². The third-order valence-electron chi connectivity index (χ3n) is 5.69. The van der Waals surface area contributed by atoms with E-state index in [1.165, 1.54) is 24.5 Å². The van der Waals surface area contributed by atoms with Gasteiger partial charge in [0.15, 0.2) is 6.10 Å². The van der Waals surface area contributed by atoms with Gasteiger partial charge in [0.25, 0.3) is 0 Å². The summed E-state index contributed by atoms with van der Waals surface area (Å²) in [6.45, 7) is 0. The van der Waals surface area contributed by atoms with Crippen molar-refractivity contribution in [3.63, 3.8) is 0 Å². The smallest absolute Gasteiger partial charge is 0.226 e. The highest BCUT2D eigenvalue weighted by molar-refractivity contribution is 5.85. The summed E-state index contributed by atoms with van der Waals surface area (Å²) in [4.78, 5) is 4.35. The van der Waals surface area contributed by atoms with Crippen LogP contribution in [0.1, 0.15) is 28.8 Å². The van der Waals surface area contributed by atoms with Gasteiger partial charge in [-0.3, -0.25) is 0 Å². The predicted molar refractivity (Wildman–Crippen MR) is 111 cm³/mol. The number of halogens is 2. The molecule has 7 heteroatoms. The number of aromatic nitrogens is 3. The lowest BCUT2D eigenvalue weighted by Crippen LogP contribution is -2.32. The van der Waals surface area contributed by atoms with Crippen molar-refractivity contribution in [2.75, 3.05) is 5.32 Å². The first-order valence-electron chi connectivity index (χ1n) is 9.87. The zero-order valence-electron chi connectivity index (χ0n) is 16.2. The standard InChI is InChI=1S/C24H16F2N4O/c25-15-11-9-14(10-12-15)22-20-21(29-24-27-13-28-30(22)24)17-6-2-4-8-19(17)31-23(20)16-5-1-3-7-18(16)26/h1-13,22-23H,(H,27,28,29)/t22-,23-/m0/s1. The summed E-state index contributed by atoms with van der Waals surface area (Å²) < 4.78 is 36.7. The van der Waals surface area contributed by atoms with Crippen molar-refractivity contribution in [3.8, 4) is 5.75 Å². The molecule has 31 heavy (non-hydrogen) atoms. The van der Waals surface area contributed by atoms with E-state index < -0.39 is 12.1 Å². The molecule has 0 aliphatic carbocycles. The fraction of sp³-hybridized carbons (Fsp3) is 0.0833. The quantitative estimate of drug-likeness (QED) is 0.495. The molecule has 0 unspecified atom stereocenters. The number of anilines is 1. The van der Waals surface area contributed by atoms with Gasteiger partial charge in [-0.15, -0.1) is 0 Å². The summed E-state index contributed by atoms with van der Waals surface area (Å²) in [5, 5.41) is 7.76. The number of fused-ring (bicyclic) bond motifs is 3.